The summed E-state index contributed by atoms with van der Waals surface area (Å²) in [5.41, 5.74) is 0.0450. The summed E-state index contributed by atoms with van der Waals surface area (Å²) in [7, 11) is 0. The second-order valence-corrected chi connectivity index (χ2v) is 6.59. The monoisotopic (exact) mass is 389 g/mol. The minimum absolute atomic E-state index is 0.0450. The Bertz CT molecular complexity index is 850. The number of hydrogen-bond donors (Lipinski definition) is 1. The van der Waals surface area contributed by atoms with Crippen LogP contribution in [0.5, 0.6) is 0 Å². The highest BCUT2D eigenvalue weighted by Gasteiger charge is 2.35. The van der Waals surface area contributed by atoms with E-state index in [4.69, 9.17) is 5.11 Å². The third-order valence-corrected chi connectivity index (χ3v) is 4.69. The molecule has 0 bridgehead atoms. The number of fused-ring (bicyclic) bond motifs is 1. The van der Waals surface area contributed by atoms with Crippen molar-refractivity contribution < 1.29 is 31.9 Å². The number of carboxylic acid groups (broad SMARTS) is 1. The van der Waals surface area contributed by atoms with Crippen molar-refractivity contribution in [2.45, 2.75) is 50.2 Å². The highest BCUT2D eigenvalue weighted by atomic mass is 19.4. The van der Waals surface area contributed by atoms with Crippen LogP contribution in [0.15, 0.2) is 18.2 Å². The van der Waals surface area contributed by atoms with Crippen LogP contribution in [0, 0.1) is 11.6 Å². The Hall–Kier alpha value is -2.52. The van der Waals surface area contributed by atoms with E-state index in [1.54, 1.807) is 0 Å². The fourth-order valence-corrected chi connectivity index (χ4v) is 3.50. The van der Waals surface area contributed by atoms with Crippen LogP contribution in [0.25, 0.3) is 0 Å². The minimum atomic E-state index is -4.53. The maximum absolute atomic E-state index is 14.2. The van der Waals surface area contributed by atoms with Gasteiger partial charge in [-0.05, 0) is 24.5 Å². The molecule has 0 amide bonds. The Morgan fingerprint density at radius 1 is 1.22 bits per heavy atom. The molecule has 1 aliphatic rings. The lowest BCUT2D eigenvalue weighted by molar-refractivity contribution is -0.137. The summed E-state index contributed by atoms with van der Waals surface area (Å²) in [6, 6.07) is 3.67. The molecule has 2 atom stereocenters. The summed E-state index contributed by atoms with van der Waals surface area (Å²) < 4.78 is 67.6. The van der Waals surface area contributed by atoms with Crippen LogP contribution in [0.3, 0.4) is 0 Å². The van der Waals surface area contributed by atoms with Crippen molar-refractivity contribution in [2.24, 2.45) is 0 Å². The lowest BCUT2D eigenvalue weighted by Crippen LogP contribution is -2.19. The van der Waals surface area contributed by atoms with E-state index in [0.717, 1.165) is 6.07 Å². The Morgan fingerprint density at radius 3 is 2.63 bits per heavy atom. The molecule has 2 aromatic rings. The van der Waals surface area contributed by atoms with Gasteiger partial charge in [-0.1, -0.05) is 12.1 Å². The molecule has 0 aliphatic carbocycles. The molecule has 1 aliphatic heterocycles. The number of halogens is 5. The van der Waals surface area contributed by atoms with Gasteiger partial charge in [-0.25, -0.2) is 8.78 Å². The molecule has 0 saturated heterocycles. The zero-order chi connectivity index (χ0) is 19.8. The van der Waals surface area contributed by atoms with Gasteiger partial charge < -0.3 is 9.67 Å². The molecule has 0 fully saturated rings. The Balaban J connectivity index is 2.02. The van der Waals surface area contributed by atoms with Crippen molar-refractivity contribution in [3.05, 3.63) is 47.0 Å². The third kappa shape index (κ3) is 4.25. The molecule has 0 radical (unpaired) electrons. The van der Waals surface area contributed by atoms with Gasteiger partial charge in [-0.15, -0.1) is 10.2 Å². The van der Waals surface area contributed by atoms with Crippen LogP contribution >= 0.6 is 0 Å². The molecule has 1 aromatic carbocycles. The molecule has 2 heterocycles. The van der Waals surface area contributed by atoms with E-state index >= 15 is 0 Å². The number of rotatable bonds is 4. The number of aliphatic carboxylic acids is 1. The third-order valence-electron chi connectivity index (χ3n) is 4.69. The van der Waals surface area contributed by atoms with Crippen molar-refractivity contribution in [1.82, 2.24) is 14.8 Å². The normalized spacial score (nSPS) is 20.2. The van der Waals surface area contributed by atoms with Gasteiger partial charge in [0.2, 0.25) is 0 Å². The topological polar surface area (TPSA) is 68.0 Å². The fraction of sp³-hybridized carbons (Fsp3) is 0.471. The van der Waals surface area contributed by atoms with Gasteiger partial charge in [0.25, 0.3) is 0 Å². The largest absolute Gasteiger partial charge is 0.481 e. The number of benzene rings is 1. The molecule has 27 heavy (non-hydrogen) atoms. The highest BCUT2D eigenvalue weighted by molar-refractivity contribution is 5.67. The van der Waals surface area contributed by atoms with Gasteiger partial charge in [-0.2, -0.15) is 13.2 Å². The van der Waals surface area contributed by atoms with Gasteiger partial charge in [0.05, 0.1) is 6.42 Å². The van der Waals surface area contributed by atoms with E-state index in [-0.39, 0.29) is 43.0 Å². The van der Waals surface area contributed by atoms with Gasteiger partial charge in [0.15, 0.2) is 11.6 Å². The number of nitrogens with zero attached hydrogens (tertiary/aromatic N) is 3. The Kier molecular flexibility index (Phi) is 5.16. The van der Waals surface area contributed by atoms with Gasteiger partial charge >= 0.3 is 12.1 Å². The van der Waals surface area contributed by atoms with E-state index in [1.165, 1.54) is 16.7 Å². The van der Waals surface area contributed by atoms with Crippen LogP contribution in [0.2, 0.25) is 0 Å². The summed E-state index contributed by atoms with van der Waals surface area (Å²) in [6.45, 7) is -0.0791. The van der Waals surface area contributed by atoms with Crippen LogP contribution in [-0.4, -0.2) is 32.0 Å². The standard InChI is InChI=1S/C17H16F5N3O2/c18-12-3-1-2-11(15(12)19)10-5-4-9(6-14(26)27)16-24-23-13(25(16)8-10)7-17(20,21)22/h1-3,9-10H,4-8H2,(H,26,27). The van der Waals surface area contributed by atoms with Crippen molar-refractivity contribution in [1.29, 1.82) is 0 Å². The molecule has 146 valence electrons. The second kappa shape index (κ2) is 7.24. The van der Waals surface area contributed by atoms with E-state index in [9.17, 15) is 26.7 Å². The fourth-order valence-electron chi connectivity index (χ4n) is 3.50. The molecule has 1 N–H and O–H groups in total. The molecular formula is C17H16F5N3O2. The summed E-state index contributed by atoms with van der Waals surface area (Å²) in [4.78, 5) is 11.1. The first kappa shape index (κ1) is 19.2. The maximum Gasteiger partial charge on any atom is 0.396 e. The highest BCUT2D eigenvalue weighted by Crippen LogP contribution is 2.37. The minimum Gasteiger partial charge on any atom is -0.481 e. The van der Waals surface area contributed by atoms with Gasteiger partial charge in [0, 0.05) is 18.4 Å². The summed E-state index contributed by atoms with van der Waals surface area (Å²) in [6.07, 6.45) is -5.65. The quantitative estimate of drug-likeness (QED) is 0.808. The molecule has 10 heteroatoms. The lowest BCUT2D eigenvalue weighted by Gasteiger charge is -2.18. The van der Waals surface area contributed by atoms with Crippen LogP contribution < -0.4 is 0 Å². The zero-order valence-corrected chi connectivity index (χ0v) is 14.0. The maximum atomic E-state index is 14.2. The smallest absolute Gasteiger partial charge is 0.396 e. The lowest BCUT2D eigenvalue weighted by atomic mass is 9.90. The summed E-state index contributed by atoms with van der Waals surface area (Å²) in [5.74, 6) is -4.72. The van der Waals surface area contributed by atoms with E-state index in [0.29, 0.717) is 0 Å². The predicted octanol–water partition coefficient (Wildman–Crippen LogP) is 3.80. The number of hydrogen-bond acceptors (Lipinski definition) is 3. The van der Waals surface area contributed by atoms with Crippen molar-refractivity contribution >= 4 is 5.97 Å². The average Bonchev–Trinajstić information content (AvgIpc) is 2.83. The van der Waals surface area contributed by atoms with E-state index in [1.807, 2.05) is 0 Å². The molecular weight excluding hydrogens is 373 g/mol. The molecule has 5 nitrogen and oxygen atoms in total. The van der Waals surface area contributed by atoms with Gasteiger partial charge in [0.1, 0.15) is 18.1 Å². The predicted molar refractivity (Wildman–Crippen MR) is 83.1 cm³/mol. The Morgan fingerprint density at radius 2 is 1.96 bits per heavy atom. The first-order valence-electron chi connectivity index (χ1n) is 8.30. The van der Waals surface area contributed by atoms with Crippen molar-refractivity contribution in [3.8, 4) is 0 Å². The zero-order valence-electron chi connectivity index (χ0n) is 14.0. The number of alkyl halides is 3. The van der Waals surface area contributed by atoms with E-state index in [2.05, 4.69) is 10.2 Å². The van der Waals surface area contributed by atoms with E-state index < -0.39 is 42.0 Å². The van der Waals surface area contributed by atoms with Crippen molar-refractivity contribution in [3.63, 3.8) is 0 Å². The molecule has 0 spiro atoms. The average molecular weight is 389 g/mol. The molecule has 3 rings (SSSR count). The van der Waals surface area contributed by atoms with Crippen molar-refractivity contribution in [2.75, 3.05) is 0 Å². The number of aromatic nitrogens is 3. The first-order valence-corrected chi connectivity index (χ1v) is 8.30. The molecule has 0 saturated carbocycles. The number of carbonyl (C=O) groups is 1. The number of carboxylic acids is 1. The van der Waals surface area contributed by atoms with Crippen LogP contribution in [0.1, 0.15) is 48.3 Å². The first-order chi connectivity index (χ1) is 12.7. The van der Waals surface area contributed by atoms with Crippen LogP contribution in [0.4, 0.5) is 22.0 Å². The molecule has 1 aromatic heterocycles. The SMILES string of the molecule is O=C(O)CC1CCC(c2cccc(F)c2F)Cn2c(CC(F)(F)F)nnc21. The molecule has 2 unspecified atom stereocenters. The van der Waals surface area contributed by atoms with Crippen LogP contribution in [-0.2, 0) is 17.8 Å². The summed E-state index contributed by atoms with van der Waals surface area (Å²) >= 11 is 0. The van der Waals surface area contributed by atoms with Gasteiger partial charge in [-0.3, -0.25) is 4.79 Å². The Labute approximate surface area is 150 Å². The second-order valence-electron chi connectivity index (χ2n) is 6.59. The summed E-state index contributed by atoms with van der Waals surface area (Å²) in [5, 5.41) is 16.5.